The predicted octanol–water partition coefficient (Wildman–Crippen LogP) is 2.19. The fourth-order valence-electron chi connectivity index (χ4n) is 1.80. The molecule has 0 rings (SSSR count). The van der Waals surface area contributed by atoms with Crippen molar-refractivity contribution in [1.29, 1.82) is 0 Å². The molecule has 0 fully saturated rings. The van der Waals surface area contributed by atoms with E-state index in [-0.39, 0.29) is 10.3 Å². The molecule has 0 aliphatic heterocycles. The largest absolute Gasteiger partial charge is 0.329 e. The molecule has 4 heteroatoms. The SMILES string of the molecule is [B]CCS[C@](C)(CN)C(CC)NC(C)(C)C. The molecule has 0 aromatic rings. The summed E-state index contributed by atoms with van der Waals surface area (Å²) in [6.07, 6.45) is 1.80. The molecule has 0 aromatic heterocycles. The summed E-state index contributed by atoms with van der Waals surface area (Å²) < 4.78 is 0.0708. The summed E-state index contributed by atoms with van der Waals surface area (Å²) in [5.74, 6) is 0.968. The molecule has 16 heavy (non-hydrogen) atoms. The number of hydrogen-bond acceptors (Lipinski definition) is 3. The van der Waals surface area contributed by atoms with Crippen LogP contribution in [-0.4, -0.2) is 36.5 Å². The van der Waals surface area contributed by atoms with Crippen LogP contribution in [0, 0.1) is 0 Å². The van der Waals surface area contributed by atoms with Crippen LogP contribution < -0.4 is 11.1 Å². The Kier molecular flexibility index (Phi) is 7.07. The van der Waals surface area contributed by atoms with E-state index in [4.69, 9.17) is 13.6 Å². The molecule has 0 heterocycles. The lowest BCUT2D eigenvalue weighted by molar-refractivity contribution is 0.308. The van der Waals surface area contributed by atoms with Crippen LogP contribution in [0.15, 0.2) is 0 Å². The average molecular weight is 242 g/mol. The lowest BCUT2D eigenvalue weighted by Gasteiger charge is -2.40. The van der Waals surface area contributed by atoms with E-state index in [9.17, 15) is 0 Å². The van der Waals surface area contributed by atoms with Crippen molar-refractivity contribution in [2.24, 2.45) is 5.73 Å². The molecular weight excluding hydrogens is 215 g/mol. The van der Waals surface area contributed by atoms with E-state index in [0.29, 0.717) is 18.9 Å². The lowest BCUT2D eigenvalue weighted by Crippen LogP contribution is -2.56. The van der Waals surface area contributed by atoms with E-state index in [1.807, 2.05) is 11.8 Å². The lowest BCUT2D eigenvalue weighted by atomic mass is 9.95. The summed E-state index contributed by atoms with van der Waals surface area (Å²) >= 11 is 1.88. The van der Waals surface area contributed by atoms with Crippen molar-refractivity contribution in [2.45, 2.75) is 63.7 Å². The van der Waals surface area contributed by atoms with Gasteiger partial charge in [-0.15, -0.1) is 0 Å². The quantitative estimate of drug-likeness (QED) is 0.672. The molecule has 0 aromatic carbocycles. The molecular formula is C12H27BN2S. The summed E-state index contributed by atoms with van der Waals surface area (Å²) in [5, 5.41) is 3.66. The van der Waals surface area contributed by atoms with Crippen LogP contribution >= 0.6 is 11.8 Å². The van der Waals surface area contributed by atoms with Crippen LogP contribution in [-0.2, 0) is 0 Å². The van der Waals surface area contributed by atoms with Gasteiger partial charge in [-0.05, 0) is 39.9 Å². The van der Waals surface area contributed by atoms with Crippen molar-refractivity contribution in [1.82, 2.24) is 5.32 Å². The summed E-state index contributed by atoms with van der Waals surface area (Å²) in [6.45, 7) is 11.7. The molecule has 0 aliphatic carbocycles. The predicted molar refractivity (Wildman–Crippen MR) is 77.4 cm³/mol. The second-order valence-corrected chi connectivity index (χ2v) is 7.14. The Hall–Kier alpha value is 0.335. The highest BCUT2D eigenvalue weighted by Gasteiger charge is 2.34. The summed E-state index contributed by atoms with van der Waals surface area (Å²) in [5.41, 5.74) is 6.07. The van der Waals surface area contributed by atoms with Crippen molar-refractivity contribution in [3.8, 4) is 0 Å². The second kappa shape index (κ2) is 6.92. The van der Waals surface area contributed by atoms with Crippen molar-refractivity contribution < 1.29 is 0 Å². The van der Waals surface area contributed by atoms with Gasteiger partial charge in [-0.1, -0.05) is 13.2 Å². The van der Waals surface area contributed by atoms with Gasteiger partial charge in [0, 0.05) is 22.9 Å². The fourth-order valence-corrected chi connectivity index (χ4v) is 2.93. The zero-order chi connectivity index (χ0) is 12.8. The topological polar surface area (TPSA) is 38.0 Å². The molecule has 0 spiro atoms. The minimum atomic E-state index is 0.0708. The minimum absolute atomic E-state index is 0.0708. The third-order valence-corrected chi connectivity index (χ3v) is 4.26. The van der Waals surface area contributed by atoms with Gasteiger partial charge in [0.05, 0.1) is 7.85 Å². The fraction of sp³-hybridized carbons (Fsp3) is 1.00. The van der Waals surface area contributed by atoms with Gasteiger partial charge in [-0.2, -0.15) is 11.8 Å². The van der Waals surface area contributed by atoms with Gasteiger partial charge in [0.15, 0.2) is 0 Å². The molecule has 0 aliphatic rings. The number of rotatable bonds is 7. The number of thioether (sulfide) groups is 1. The van der Waals surface area contributed by atoms with E-state index < -0.39 is 0 Å². The van der Waals surface area contributed by atoms with Crippen LogP contribution in [0.5, 0.6) is 0 Å². The summed E-state index contributed by atoms with van der Waals surface area (Å²) in [6, 6.07) is 0.425. The van der Waals surface area contributed by atoms with E-state index in [1.165, 1.54) is 0 Å². The van der Waals surface area contributed by atoms with Gasteiger partial charge in [0.25, 0.3) is 0 Å². The molecule has 1 unspecified atom stereocenters. The van der Waals surface area contributed by atoms with E-state index in [2.05, 4.69) is 39.9 Å². The standard InChI is InChI=1S/C12H27BN2S/c1-6-10(15-11(2,3)4)12(5,9-14)16-8-7-13/h10,15H,6-9,14H2,1-5H3/t10?,12-/m1/s1. The minimum Gasteiger partial charge on any atom is -0.329 e. The molecule has 0 saturated carbocycles. The van der Waals surface area contributed by atoms with Crippen LogP contribution in [0.1, 0.15) is 41.0 Å². The van der Waals surface area contributed by atoms with Crippen LogP contribution in [0.3, 0.4) is 0 Å². The highest BCUT2D eigenvalue weighted by atomic mass is 32.2. The first kappa shape index (κ1) is 16.3. The molecule has 0 saturated heterocycles. The summed E-state index contributed by atoms with van der Waals surface area (Å²) in [7, 11) is 5.58. The maximum absolute atomic E-state index is 5.94. The molecule has 2 radical (unpaired) electrons. The maximum Gasteiger partial charge on any atom is 0.0664 e. The molecule has 3 N–H and O–H groups in total. The highest BCUT2D eigenvalue weighted by molar-refractivity contribution is 8.00. The molecule has 2 atom stereocenters. The molecule has 0 amide bonds. The Morgan fingerprint density at radius 1 is 1.31 bits per heavy atom. The maximum atomic E-state index is 5.94. The highest BCUT2D eigenvalue weighted by Crippen LogP contribution is 2.31. The zero-order valence-corrected chi connectivity index (χ0v) is 12.3. The third-order valence-electron chi connectivity index (χ3n) is 2.71. The van der Waals surface area contributed by atoms with E-state index in [0.717, 1.165) is 12.2 Å². The van der Waals surface area contributed by atoms with E-state index in [1.54, 1.807) is 0 Å². The normalized spacial score (nSPS) is 18.1. The third kappa shape index (κ3) is 5.60. The number of nitrogens with one attached hydrogen (secondary N) is 1. The van der Waals surface area contributed by atoms with Gasteiger partial charge in [0.1, 0.15) is 0 Å². The first-order chi connectivity index (χ1) is 7.29. The van der Waals surface area contributed by atoms with Crippen molar-refractivity contribution in [3.05, 3.63) is 0 Å². The van der Waals surface area contributed by atoms with Gasteiger partial charge in [-0.25, -0.2) is 0 Å². The summed E-state index contributed by atoms with van der Waals surface area (Å²) in [4.78, 5) is 0. The van der Waals surface area contributed by atoms with Gasteiger partial charge >= 0.3 is 0 Å². The molecule has 94 valence electrons. The Labute approximate surface area is 107 Å². The smallest absolute Gasteiger partial charge is 0.0664 e. The van der Waals surface area contributed by atoms with Gasteiger partial charge < -0.3 is 11.1 Å². The van der Waals surface area contributed by atoms with Gasteiger partial charge in [-0.3, -0.25) is 0 Å². The monoisotopic (exact) mass is 242 g/mol. The number of nitrogens with two attached hydrogens (primary N) is 1. The van der Waals surface area contributed by atoms with Crippen LogP contribution in [0.25, 0.3) is 0 Å². The van der Waals surface area contributed by atoms with E-state index >= 15 is 0 Å². The van der Waals surface area contributed by atoms with Crippen molar-refractivity contribution in [3.63, 3.8) is 0 Å². The van der Waals surface area contributed by atoms with Crippen LogP contribution in [0.4, 0.5) is 0 Å². The Bertz CT molecular complexity index is 194. The van der Waals surface area contributed by atoms with Crippen molar-refractivity contribution in [2.75, 3.05) is 12.3 Å². The van der Waals surface area contributed by atoms with Crippen molar-refractivity contribution >= 4 is 19.6 Å². The zero-order valence-electron chi connectivity index (χ0n) is 11.5. The Morgan fingerprint density at radius 2 is 1.88 bits per heavy atom. The first-order valence-electron chi connectivity index (χ1n) is 6.11. The van der Waals surface area contributed by atoms with Gasteiger partial charge in [0.2, 0.25) is 0 Å². The number of hydrogen-bond donors (Lipinski definition) is 2. The second-order valence-electron chi connectivity index (χ2n) is 5.51. The molecule has 0 bridgehead atoms. The Balaban J connectivity index is 4.59. The molecule has 2 nitrogen and oxygen atoms in total. The average Bonchev–Trinajstić information content (AvgIpc) is 2.21. The Morgan fingerprint density at radius 3 is 2.19 bits per heavy atom. The van der Waals surface area contributed by atoms with Crippen LogP contribution in [0.2, 0.25) is 6.32 Å². The first-order valence-corrected chi connectivity index (χ1v) is 7.09.